The van der Waals surface area contributed by atoms with Gasteiger partial charge in [-0.3, -0.25) is 0 Å². The average Bonchev–Trinajstić information content (AvgIpc) is 2.27. The van der Waals surface area contributed by atoms with Crippen LogP contribution in [0.15, 0.2) is 41.3 Å². The Labute approximate surface area is 96.4 Å². The third-order valence-electron chi connectivity index (χ3n) is 2.59. The van der Waals surface area contributed by atoms with Crippen LogP contribution >= 0.6 is 0 Å². The molecule has 1 aromatic carbocycles. The van der Waals surface area contributed by atoms with Crippen LogP contribution in [0.3, 0.4) is 0 Å². The largest absolute Gasteiger partial charge is 0.392 e. The summed E-state index contributed by atoms with van der Waals surface area (Å²) in [5.41, 5.74) is 1.31. The smallest absolute Gasteiger partial charge is 0.184 e. The SMILES string of the molecule is C=C(CO)C(C)S(=O)(=O)c1ccc(C)cc1. The van der Waals surface area contributed by atoms with Crippen molar-refractivity contribution in [1.82, 2.24) is 0 Å². The molecular formula is C12H16O3S. The second-order valence-electron chi connectivity index (χ2n) is 3.82. The Balaban J connectivity index is 3.12. The van der Waals surface area contributed by atoms with Crippen molar-refractivity contribution in [3.8, 4) is 0 Å². The molecule has 16 heavy (non-hydrogen) atoms. The molecule has 1 atom stereocenters. The standard InChI is InChI=1S/C12H16O3S/c1-9-4-6-12(7-5-9)16(14,15)11(3)10(2)8-13/h4-7,11,13H,2,8H2,1,3H3. The van der Waals surface area contributed by atoms with Gasteiger partial charge in [0.15, 0.2) is 9.84 Å². The van der Waals surface area contributed by atoms with E-state index in [1.807, 2.05) is 6.92 Å². The lowest BCUT2D eigenvalue weighted by Crippen LogP contribution is -2.21. The second-order valence-corrected chi connectivity index (χ2v) is 6.09. The van der Waals surface area contributed by atoms with Crippen molar-refractivity contribution >= 4 is 9.84 Å². The number of hydrogen-bond donors (Lipinski definition) is 1. The Morgan fingerprint density at radius 1 is 1.38 bits per heavy atom. The van der Waals surface area contributed by atoms with Crippen molar-refractivity contribution in [2.24, 2.45) is 0 Å². The molecular weight excluding hydrogens is 224 g/mol. The van der Waals surface area contributed by atoms with E-state index in [-0.39, 0.29) is 11.5 Å². The van der Waals surface area contributed by atoms with Gasteiger partial charge in [-0.05, 0) is 31.6 Å². The molecule has 4 heteroatoms. The molecule has 0 heterocycles. The van der Waals surface area contributed by atoms with Gasteiger partial charge in [0.1, 0.15) is 0 Å². The number of hydrogen-bond acceptors (Lipinski definition) is 3. The van der Waals surface area contributed by atoms with E-state index in [2.05, 4.69) is 6.58 Å². The molecule has 0 amide bonds. The zero-order valence-electron chi connectivity index (χ0n) is 9.47. The van der Waals surface area contributed by atoms with Gasteiger partial charge in [-0.1, -0.05) is 24.3 Å². The van der Waals surface area contributed by atoms with E-state index in [4.69, 9.17) is 5.11 Å². The molecule has 0 aliphatic carbocycles. The molecule has 0 fully saturated rings. The highest BCUT2D eigenvalue weighted by atomic mass is 32.2. The second kappa shape index (κ2) is 4.80. The first-order valence-corrected chi connectivity index (χ1v) is 6.53. The van der Waals surface area contributed by atoms with Crippen molar-refractivity contribution < 1.29 is 13.5 Å². The first kappa shape index (κ1) is 12.9. The topological polar surface area (TPSA) is 54.4 Å². The molecule has 1 N–H and O–H groups in total. The minimum atomic E-state index is -3.43. The van der Waals surface area contributed by atoms with Gasteiger partial charge < -0.3 is 5.11 Å². The van der Waals surface area contributed by atoms with Crippen LogP contribution in [0.1, 0.15) is 12.5 Å². The lowest BCUT2D eigenvalue weighted by atomic mass is 10.2. The lowest BCUT2D eigenvalue weighted by molar-refractivity contribution is 0.328. The molecule has 0 radical (unpaired) electrons. The maximum atomic E-state index is 12.1. The molecule has 0 spiro atoms. The first-order chi connectivity index (χ1) is 7.39. The molecule has 0 aliphatic heterocycles. The van der Waals surface area contributed by atoms with Crippen LogP contribution in [0.2, 0.25) is 0 Å². The first-order valence-electron chi connectivity index (χ1n) is 4.98. The summed E-state index contributed by atoms with van der Waals surface area (Å²) in [6.07, 6.45) is 0. The third kappa shape index (κ3) is 2.51. The van der Waals surface area contributed by atoms with Crippen LogP contribution in [-0.4, -0.2) is 25.4 Å². The predicted molar refractivity (Wildman–Crippen MR) is 64.1 cm³/mol. The molecule has 0 saturated carbocycles. The van der Waals surface area contributed by atoms with Crippen LogP contribution in [0.25, 0.3) is 0 Å². The molecule has 1 unspecified atom stereocenters. The number of benzene rings is 1. The lowest BCUT2D eigenvalue weighted by Gasteiger charge is -2.14. The Morgan fingerprint density at radius 2 is 1.88 bits per heavy atom. The van der Waals surface area contributed by atoms with Gasteiger partial charge in [0.25, 0.3) is 0 Å². The Bertz CT molecular complexity index is 471. The summed E-state index contributed by atoms with van der Waals surface area (Å²) in [4.78, 5) is 0.264. The Morgan fingerprint density at radius 3 is 2.31 bits per heavy atom. The van der Waals surface area contributed by atoms with E-state index in [0.29, 0.717) is 5.57 Å². The Hall–Kier alpha value is -1.13. The minimum absolute atomic E-state index is 0.264. The zero-order chi connectivity index (χ0) is 12.3. The summed E-state index contributed by atoms with van der Waals surface area (Å²) in [6.45, 7) is 6.67. The normalized spacial score (nSPS) is 13.4. The van der Waals surface area contributed by atoms with Crippen molar-refractivity contribution in [2.75, 3.05) is 6.61 Å². The summed E-state index contributed by atoms with van der Waals surface area (Å²) in [7, 11) is -3.43. The van der Waals surface area contributed by atoms with Crippen molar-refractivity contribution in [1.29, 1.82) is 0 Å². The van der Waals surface area contributed by atoms with E-state index in [9.17, 15) is 8.42 Å². The van der Waals surface area contributed by atoms with Gasteiger partial charge in [-0.15, -0.1) is 0 Å². The monoisotopic (exact) mass is 240 g/mol. The van der Waals surface area contributed by atoms with E-state index in [1.165, 1.54) is 6.92 Å². The fraction of sp³-hybridized carbons (Fsp3) is 0.333. The van der Waals surface area contributed by atoms with Crippen molar-refractivity contribution in [3.63, 3.8) is 0 Å². The van der Waals surface area contributed by atoms with Gasteiger partial charge in [-0.2, -0.15) is 0 Å². The number of rotatable bonds is 4. The highest BCUT2D eigenvalue weighted by Crippen LogP contribution is 2.20. The molecule has 1 rings (SSSR count). The van der Waals surface area contributed by atoms with E-state index >= 15 is 0 Å². The summed E-state index contributed by atoms with van der Waals surface area (Å²) in [5.74, 6) is 0. The zero-order valence-corrected chi connectivity index (χ0v) is 10.3. The third-order valence-corrected chi connectivity index (χ3v) is 4.79. The predicted octanol–water partition coefficient (Wildman–Crippen LogP) is 1.71. The number of aliphatic hydroxyl groups is 1. The molecule has 0 aromatic heterocycles. The van der Waals surface area contributed by atoms with Gasteiger partial charge in [0.2, 0.25) is 0 Å². The van der Waals surface area contributed by atoms with Gasteiger partial charge in [0, 0.05) is 0 Å². The van der Waals surface area contributed by atoms with Gasteiger partial charge >= 0.3 is 0 Å². The number of sulfone groups is 1. The quantitative estimate of drug-likeness (QED) is 0.815. The maximum absolute atomic E-state index is 12.1. The fourth-order valence-electron chi connectivity index (χ4n) is 1.28. The van der Waals surface area contributed by atoms with E-state index < -0.39 is 15.1 Å². The molecule has 1 aromatic rings. The van der Waals surface area contributed by atoms with Crippen LogP contribution in [0.4, 0.5) is 0 Å². The Kier molecular flexibility index (Phi) is 3.88. The van der Waals surface area contributed by atoms with Crippen LogP contribution in [-0.2, 0) is 9.84 Å². The maximum Gasteiger partial charge on any atom is 0.184 e. The van der Waals surface area contributed by atoms with Gasteiger partial charge in [0.05, 0.1) is 16.8 Å². The average molecular weight is 240 g/mol. The summed E-state index contributed by atoms with van der Waals surface area (Å²) >= 11 is 0. The number of aliphatic hydroxyl groups excluding tert-OH is 1. The highest BCUT2D eigenvalue weighted by molar-refractivity contribution is 7.92. The van der Waals surface area contributed by atoms with Crippen molar-refractivity contribution in [2.45, 2.75) is 24.0 Å². The molecule has 88 valence electrons. The van der Waals surface area contributed by atoms with Crippen LogP contribution < -0.4 is 0 Å². The summed E-state index contributed by atoms with van der Waals surface area (Å²) in [6, 6.07) is 6.65. The fourth-order valence-corrected chi connectivity index (χ4v) is 2.72. The molecule has 0 bridgehead atoms. The van der Waals surface area contributed by atoms with Crippen LogP contribution in [0.5, 0.6) is 0 Å². The van der Waals surface area contributed by atoms with Crippen molar-refractivity contribution in [3.05, 3.63) is 42.0 Å². The molecule has 3 nitrogen and oxygen atoms in total. The summed E-state index contributed by atoms with van der Waals surface area (Å²) in [5, 5.41) is 8.13. The summed E-state index contributed by atoms with van der Waals surface area (Å²) < 4.78 is 24.1. The minimum Gasteiger partial charge on any atom is -0.392 e. The number of aryl methyl sites for hydroxylation is 1. The molecule has 0 saturated heterocycles. The van der Waals surface area contributed by atoms with E-state index in [0.717, 1.165) is 5.56 Å². The highest BCUT2D eigenvalue weighted by Gasteiger charge is 2.24. The van der Waals surface area contributed by atoms with Crippen LogP contribution in [0, 0.1) is 6.92 Å². The van der Waals surface area contributed by atoms with E-state index in [1.54, 1.807) is 24.3 Å². The molecule has 0 aliphatic rings. The van der Waals surface area contributed by atoms with Gasteiger partial charge in [-0.25, -0.2) is 8.42 Å².